The largest absolute Gasteiger partial charge is 0.473 e. The van der Waals surface area contributed by atoms with Gasteiger partial charge in [0.15, 0.2) is 0 Å². The smallest absolute Gasteiger partial charge is 0.263 e. The van der Waals surface area contributed by atoms with Crippen LogP contribution in [0.25, 0.3) is 0 Å². The van der Waals surface area contributed by atoms with Crippen LogP contribution in [0.5, 0.6) is 5.88 Å². The summed E-state index contributed by atoms with van der Waals surface area (Å²) in [6.45, 7) is 3.34. The standard InChI is InChI=1S/C15H17N3O2S/c1-11-4-5-14(17-16-11)20-12-6-8-18(9-7-12)15(19)13-3-2-10-21-13/h2-5,10,12H,6-9H2,1H3. The van der Waals surface area contributed by atoms with Crippen molar-refractivity contribution in [1.82, 2.24) is 15.1 Å². The maximum absolute atomic E-state index is 12.2. The molecule has 1 saturated heterocycles. The fourth-order valence-electron chi connectivity index (χ4n) is 2.35. The van der Waals surface area contributed by atoms with Crippen LogP contribution in [-0.2, 0) is 0 Å². The van der Waals surface area contributed by atoms with Crippen LogP contribution in [0.3, 0.4) is 0 Å². The fourth-order valence-corrected chi connectivity index (χ4v) is 3.04. The molecular weight excluding hydrogens is 286 g/mol. The Bertz CT molecular complexity index is 590. The molecule has 2 aromatic rings. The molecule has 1 fully saturated rings. The van der Waals surface area contributed by atoms with Gasteiger partial charge < -0.3 is 9.64 Å². The number of amides is 1. The Hall–Kier alpha value is -1.95. The molecule has 0 N–H and O–H groups in total. The minimum absolute atomic E-state index is 0.106. The minimum atomic E-state index is 0.106. The number of aromatic nitrogens is 2. The normalized spacial score (nSPS) is 16.0. The number of thiophene rings is 1. The van der Waals surface area contributed by atoms with Gasteiger partial charge in [0.25, 0.3) is 5.91 Å². The Morgan fingerprint density at radius 3 is 2.71 bits per heavy atom. The van der Waals surface area contributed by atoms with E-state index in [9.17, 15) is 4.79 Å². The quantitative estimate of drug-likeness (QED) is 0.874. The molecule has 1 aliphatic heterocycles. The van der Waals surface area contributed by atoms with Gasteiger partial charge in [0.2, 0.25) is 5.88 Å². The molecule has 2 aromatic heterocycles. The first-order valence-corrected chi connectivity index (χ1v) is 7.90. The monoisotopic (exact) mass is 303 g/mol. The summed E-state index contributed by atoms with van der Waals surface area (Å²) < 4.78 is 5.82. The van der Waals surface area contributed by atoms with Crippen LogP contribution in [-0.4, -0.2) is 40.2 Å². The summed E-state index contributed by atoms with van der Waals surface area (Å²) in [6.07, 6.45) is 1.76. The highest BCUT2D eigenvalue weighted by Gasteiger charge is 2.25. The lowest BCUT2D eigenvalue weighted by Gasteiger charge is -2.31. The summed E-state index contributed by atoms with van der Waals surface area (Å²) >= 11 is 1.49. The van der Waals surface area contributed by atoms with Gasteiger partial charge in [-0.05, 0) is 24.4 Å². The van der Waals surface area contributed by atoms with Crippen LogP contribution in [0.15, 0.2) is 29.6 Å². The number of ether oxygens (including phenoxy) is 1. The maximum atomic E-state index is 12.2. The number of carbonyl (C=O) groups excluding carboxylic acids is 1. The second-order valence-electron chi connectivity index (χ2n) is 5.10. The molecule has 0 radical (unpaired) electrons. The molecule has 1 amide bonds. The van der Waals surface area contributed by atoms with Crippen LogP contribution < -0.4 is 4.74 Å². The first-order chi connectivity index (χ1) is 10.2. The highest BCUT2D eigenvalue weighted by Crippen LogP contribution is 2.20. The molecule has 0 bridgehead atoms. The van der Waals surface area contributed by atoms with Crippen LogP contribution in [0.2, 0.25) is 0 Å². The van der Waals surface area contributed by atoms with Crippen molar-refractivity contribution in [3.63, 3.8) is 0 Å². The van der Waals surface area contributed by atoms with Crippen LogP contribution in [0, 0.1) is 6.92 Å². The molecule has 5 nitrogen and oxygen atoms in total. The second-order valence-corrected chi connectivity index (χ2v) is 6.05. The highest BCUT2D eigenvalue weighted by molar-refractivity contribution is 7.12. The average Bonchev–Trinajstić information content (AvgIpc) is 3.04. The number of carbonyl (C=O) groups is 1. The van der Waals surface area contributed by atoms with E-state index in [4.69, 9.17) is 4.74 Å². The lowest BCUT2D eigenvalue weighted by Crippen LogP contribution is -2.41. The van der Waals surface area contributed by atoms with E-state index >= 15 is 0 Å². The minimum Gasteiger partial charge on any atom is -0.473 e. The molecule has 0 aliphatic carbocycles. The topological polar surface area (TPSA) is 55.3 Å². The molecule has 0 unspecified atom stereocenters. The molecule has 110 valence electrons. The molecule has 0 atom stereocenters. The van der Waals surface area contributed by atoms with E-state index in [1.165, 1.54) is 11.3 Å². The Morgan fingerprint density at radius 1 is 1.29 bits per heavy atom. The van der Waals surface area contributed by atoms with Gasteiger partial charge in [-0.3, -0.25) is 4.79 Å². The number of rotatable bonds is 3. The summed E-state index contributed by atoms with van der Waals surface area (Å²) in [5.41, 5.74) is 0.874. The van der Waals surface area contributed by atoms with E-state index in [2.05, 4.69) is 10.2 Å². The van der Waals surface area contributed by atoms with Crippen molar-refractivity contribution in [1.29, 1.82) is 0 Å². The third kappa shape index (κ3) is 3.39. The number of hydrogen-bond donors (Lipinski definition) is 0. The first-order valence-electron chi connectivity index (χ1n) is 7.02. The van der Waals surface area contributed by atoms with Crippen molar-refractivity contribution in [3.05, 3.63) is 40.2 Å². The third-order valence-electron chi connectivity index (χ3n) is 3.52. The Balaban J connectivity index is 1.53. The van der Waals surface area contributed by atoms with Gasteiger partial charge >= 0.3 is 0 Å². The van der Waals surface area contributed by atoms with Crippen LogP contribution in [0.1, 0.15) is 28.2 Å². The Labute approximate surface area is 127 Å². The SMILES string of the molecule is Cc1ccc(OC2CCN(C(=O)c3cccs3)CC2)nn1. The molecule has 0 aromatic carbocycles. The highest BCUT2D eigenvalue weighted by atomic mass is 32.1. The number of aryl methyl sites for hydroxylation is 1. The average molecular weight is 303 g/mol. The number of nitrogens with zero attached hydrogens (tertiary/aromatic N) is 3. The lowest BCUT2D eigenvalue weighted by atomic mass is 10.1. The lowest BCUT2D eigenvalue weighted by molar-refractivity contribution is 0.0590. The van der Waals surface area contributed by atoms with Gasteiger partial charge in [0, 0.05) is 32.0 Å². The van der Waals surface area contributed by atoms with E-state index in [0.717, 1.165) is 36.5 Å². The zero-order valence-electron chi connectivity index (χ0n) is 11.9. The predicted molar refractivity (Wildman–Crippen MR) is 80.6 cm³/mol. The maximum Gasteiger partial charge on any atom is 0.263 e. The third-order valence-corrected chi connectivity index (χ3v) is 4.38. The van der Waals surface area contributed by atoms with Gasteiger partial charge in [-0.2, -0.15) is 5.10 Å². The van der Waals surface area contributed by atoms with Gasteiger partial charge in [0.1, 0.15) is 6.10 Å². The Morgan fingerprint density at radius 2 is 2.10 bits per heavy atom. The van der Waals surface area contributed by atoms with Crippen molar-refractivity contribution < 1.29 is 9.53 Å². The summed E-state index contributed by atoms with van der Waals surface area (Å²) in [6, 6.07) is 7.50. The van der Waals surface area contributed by atoms with Gasteiger partial charge in [-0.1, -0.05) is 6.07 Å². The van der Waals surface area contributed by atoms with Crippen molar-refractivity contribution in [2.24, 2.45) is 0 Å². The van der Waals surface area contributed by atoms with Crippen molar-refractivity contribution in [2.75, 3.05) is 13.1 Å². The molecule has 3 heterocycles. The van der Waals surface area contributed by atoms with E-state index in [1.54, 1.807) is 0 Å². The van der Waals surface area contributed by atoms with E-state index in [0.29, 0.717) is 5.88 Å². The second kappa shape index (κ2) is 6.22. The Kier molecular flexibility index (Phi) is 4.15. The number of piperidine rings is 1. The van der Waals surface area contributed by atoms with Crippen molar-refractivity contribution >= 4 is 17.2 Å². The summed E-state index contributed by atoms with van der Waals surface area (Å²) in [7, 11) is 0. The molecule has 1 aliphatic rings. The van der Waals surface area contributed by atoms with E-state index in [-0.39, 0.29) is 12.0 Å². The molecule has 3 rings (SSSR count). The van der Waals surface area contributed by atoms with Crippen molar-refractivity contribution in [2.45, 2.75) is 25.9 Å². The van der Waals surface area contributed by atoms with Crippen LogP contribution in [0.4, 0.5) is 0 Å². The molecule has 0 saturated carbocycles. The van der Waals surface area contributed by atoms with Gasteiger partial charge in [-0.15, -0.1) is 16.4 Å². The summed E-state index contributed by atoms with van der Waals surface area (Å²) in [5, 5.41) is 9.93. The molecule has 21 heavy (non-hydrogen) atoms. The van der Waals surface area contributed by atoms with Crippen LogP contribution >= 0.6 is 11.3 Å². The first kappa shape index (κ1) is 14.0. The molecule has 0 spiro atoms. The summed E-state index contributed by atoms with van der Waals surface area (Å²) in [5.74, 6) is 0.683. The zero-order chi connectivity index (χ0) is 14.7. The van der Waals surface area contributed by atoms with Gasteiger partial charge in [0.05, 0.1) is 10.6 Å². The van der Waals surface area contributed by atoms with E-state index < -0.39 is 0 Å². The number of hydrogen-bond acceptors (Lipinski definition) is 5. The van der Waals surface area contributed by atoms with Gasteiger partial charge in [-0.25, -0.2) is 0 Å². The summed E-state index contributed by atoms with van der Waals surface area (Å²) in [4.78, 5) is 14.9. The van der Waals surface area contributed by atoms with E-state index in [1.807, 2.05) is 41.5 Å². The number of likely N-dealkylation sites (tertiary alicyclic amines) is 1. The molecular formula is C15H17N3O2S. The fraction of sp³-hybridized carbons (Fsp3) is 0.400. The van der Waals surface area contributed by atoms with Crippen molar-refractivity contribution in [3.8, 4) is 5.88 Å². The predicted octanol–water partition coefficient (Wildman–Crippen LogP) is 2.53. The zero-order valence-corrected chi connectivity index (χ0v) is 12.7. The molecule has 6 heteroatoms.